The van der Waals surface area contributed by atoms with Crippen LogP contribution in [0.25, 0.3) is 33.0 Å². The predicted octanol–water partition coefficient (Wildman–Crippen LogP) is 6.40. The fourth-order valence-corrected chi connectivity index (χ4v) is 4.49. The lowest BCUT2D eigenvalue weighted by Crippen LogP contribution is -2.04. The van der Waals surface area contributed by atoms with Gasteiger partial charge in [-0.3, -0.25) is 9.78 Å². The standard InChI is InChI=1S/C27H21N3OS/c1-18(31)17-32-27-15-26(29-30-27)25-13-23(12-24(14-25)22-7-4-10-28-16-22)21-9-8-19-5-2-3-6-20(19)11-21/h2-14,16H,15,17H2,1H3. The number of ketones is 1. The van der Waals surface area contributed by atoms with Gasteiger partial charge in [0.2, 0.25) is 0 Å². The van der Waals surface area contributed by atoms with Gasteiger partial charge < -0.3 is 0 Å². The van der Waals surface area contributed by atoms with Crippen LogP contribution in [-0.2, 0) is 4.79 Å². The van der Waals surface area contributed by atoms with Crippen LogP contribution in [0.1, 0.15) is 18.9 Å². The second-order valence-corrected chi connectivity index (χ2v) is 8.86. The second-order valence-electron chi connectivity index (χ2n) is 7.81. The second kappa shape index (κ2) is 8.89. The molecular formula is C27H21N3OS. The molecule has 0 N–H and O–H groups in total. The molecule has 5 heteroatoms. The summed E-state index contributed by atoms with van der Waals surface area (Å²) in [5.41, 5.74) is 6.38. The van der Waals surface area contributed by atoms with Gasteiger partial charge in [0.05, 0.1) is 11.5 Å². The molecule has 0 spiro atoms. The van der Waals surface area contributed by atoms with Gasteiger partial charge in [-0.05, 0) is 70.3 Å². The van der Waals surface area contributed by atoms with E-state index in [4.69, 9.17) is 0 Å². The van der Waals surface area contributed by atoms with Crippen molar-refractivity contribution in [2.75, 3.05) is 5.75 Å². The van der Waals surface area contributed by atoms with Gasteiger partial charge in [-0.1, -0.05) is 42.5 Å². The summed E-state index contributed by atoms with van der Waals surface area (Å²) in [5.74, 6) is 0.572. The van der Waals surface area contributed by atoms with Crippen molar-refractivity contribution in [3.05, 3.63) is 90.8 Å². The predicted molar refractivity (Wildman–Crippen MR) is 134 cm³/mol. The monoisotopic (exact) mass is 435 g/mol. The number of aromatic nitrogens is 1. The van der Waals surface area contributed by atoms with E-state index in [2.05, 4.69) is 81.9 Å². The van der Waals surface area contributed by atoms with Crippen molar-refractivity contribution in [1.29, 1.82) is 0 Å². The molecule has 0 fully saturated rings. The normalized spacial score (nSPS) is 13.2. The van der Waals surface area contributed by atoms with Gasteiger partial charge in [0, 0.05) is 24.4 Å². The summed E-state index contributed by atoms with van der Waals surface area (Å²) in [6, 6.07) is 25.5. The van der Waals surface area contributed by atoms with Gasteiger partial charge in [-0.2, -0.15) is 5.10 Å². The zero-order valence-corrected chi connectivity index (χ0v) is 18.5. The van der Waals surface area contributed by atoms with E-state index in [0.29, 0.717) is 12.2 Å². The van der Waals surface area contributed by atoms with E-state index >= 15 is 0 Å². The van der Waals surface area contributed by atoms with Crippen LogP contribution in [0.3, 0.4) is 0 Å². The largest absolute Gasteiger partial charge is 0.299 e. The third kappa shape index (κ3) is 4.39. The Kier molecular flexibility index (Phi) is 5.65. The molecule has 0 saturated heterocycles. The maximum Gasteiger partial charge on any atom is 0.140 e. The Labute approximate surface area is 191 Å². The van der Waals surface area contributed by atoms with Crippen LogP contribution in [0.4, 0.5) is 0 Å². The highest BCUT2D eigenvalue weighted by atomic mass is 32.2. The maximum atomic E-state index is 11.3. The van der Waals surface area contributed by atoms with Gasteiger partial charge >= 0.3 is 0 Å². The minimum absolute atomic E-state index is 0.142. The Balaban J connectivity index is 1.54. The highest BCUT2D eigenvalue weighted by Gasteiger charge is 2.17. The highest BCUT2D eigenvalue weighted by molar-refractivity contribution is 8.14. The molecule has 0 atom stereocenters. The molecule has 4 aromatic rings. The number of pyridine rings is 1. The number of Topliss-reactive ketones (excluding diaryl/α,β-unsaturated/α-hetero) is 1. The third-order valence-electron chi connectivity index (χ3n) is 5.39. The van der Waals surface area contributed by atoms with Crippen molar-refractivity contribution in [1.82, 2.24) is 4.98 Å². The average molecular weight is 436 g/mol. The molecule has 4 nitrogen and oxygen atoms in total. The van der Waals surface area contributed by atoms with E-state index in [1.54, 1.807) is 13.1 Å². The quantitative estimate of drug-likeness (QED) is 0.365. The summed E-state index contributed by atoms with van der Waals surface area (Å²) >= 11 is 1.47. The van der Waals surface area contributed by atoms with E-state index < -0.39 is 0 Å². The topological polar surface area (TPSA) is 54.7 Å². The van der Waals surface area contributed by atoms with E-state index in [1.807, 2.05) is 12.3 Å². The number of fused-ring (bicyclic) bond motifs is 1. The van der Waals surface area contributed by atoms with E-state index in [-0.39, 0.29) is 5.78 Å². The lowest BCUT2D eigenvalue weighted by molar-refractivity contribution is -0.114. The maximum absolute atomic E-state index is 11.3. The van der Waals surface area contributed by atoms with Crippen LogP contribution in [0.2, 0.25) is 0 Å². The van der Waals surface area contributed by atoms with E-state index in [0.717, 1.165) is 38.6 Å². The molecular weight excluding hydrogens is 414 g/mol. The van der Waals surface area contributed by atoms with Crippen molar-refractivity contribution in [2.45, 2.75) is 13.3 Å². The highest BCUT2D eigenvalue weighted by Crippen LogP contribution is 2.31. The molecule has 32 heavy (non-hydrogen) atoms. The van der Waals surface area contributed by atoms with Crippen LogP contribution in [-0.4, -0.2) is 27.3 Å². The zero-order valence-electron chi connectivity index (χ0n) is 17.7. The molecule has 1 aliphatic rings. The summed E-state index contributed by atoms with van der Waals surface area (Å²) in [5, 5.41) is 12.1. The van der Waals surface area contributed by atoms with Gasteiger partial charge in [-0.15, -0.1) is 16.9 Å². The van der Waals surface area contributed by atoms with Crippen LogP contribution >= 0.6 is 11.8 Å². The lowest BCUT2D eigenvalue weighted by atomic mass is 9.93. The molecule has 0 unspecified atom stereocenters. The van der Waals surface area contributed by atoms with E-state index in [1.165, 1.54) is 22.5 Å². The zero-order chi connectivity index (χ0) is 21.9. The smallest absolute Gasteiger partial charge is 0.140 e. The number of rotatable bonds is 5. The van der Waals surface area contributed by atoms with Crippen LogP contribution < -0.4 is 0 Å². The first-order chi connectivity index (χ1) is 15.7. The van der Waals surface area contributed by atoms with Gasteiger partial charge in [0.15, 0.2) is 0 Å². The van der Waals surface area contributed by atoms with Crippen molar-refractivity contribution >= 4 is 39.1 Å². The number of nitrogens with zero attached hydrogens (tertiary/aromatic N) is 3. The molecule has 0 aliphatic carbocycles. The Hall–Kier alpha value is -3.57. The molecule has 1 aliphatic heterocycles. The molecule has 0 saturated carbocycles. The summed E-state index contributed by atoms with van der Waals surface area (Å²) in [7, 11) is 0. The van der Waals surface area contributed by atoms with E-state index in [9.17, 15) is 4.79 Å². The number of thioether (sulfide) groups is 1. The Morgan fingerprint density at radius 3 is 2.38 bits per heavy atom. The number of hydrogen-bond donors (Lipinski definition) is 0. The van der Waals surface area contributed by atoms with Gasteiger partial charge in [0.1, 0.15) is 10.8 Å². The first kappa shape index (κ1) is 20.3. The third-order valence-corrected chi connectivity index (χ3v) is 6.50. The van der Waals surface area contributed by atoms with Crippen molar-refractivity contribution < 1.29 is 4.79 Å². The van der Waals surface area contributed by atoms with Crippen molar-refractivity contribution in [3.63, 3.8) is 0 Å². The van der Waals surface area contributed by atoms with Gasteiger partial charge in [-0.25, -0.2) is 0 Å². The average Bonchev–Trinajstić information content (AvgIpc) is 3.32. The summed E-state index contributed by atoms with van der Waals surface area (Å²) in [6.45, 7) is 1.59. The molecule has 0 bridgehead atoms. The number of carbonyl (C=O) groups excluding carboxylic acids is 1. The molecule has 156 valence electrons. The van der Waals surface area contributed by atoms with Crippen LogP contribution in [0.15, 0.2) is 95.4 Å². The molecule has 2 heterocycles. The van der Waals surface area contributed by atoms with Gasteiger partial charge in [0.25, 0.3) is 0 Å². The lowest BCUT2D eigenvalue weighted by Gasteiger charge is -2.11. The number of carbonyl (C=O) groups is 1. The Morgan fingerprint density at radius 2 is 1.59 bits per heavy atom. The van der Waals surface area contributed by atoms with Crippen LogP contribution in [0.5, 0.6) is 0 Å². The fourth-order valence-electron chi connectivity index (χ4n) is 3.78. The van der Waals surface area contributed by atoms with Crippen LogP contribution in [0, 0.1) is 0 Å². The number of benzene rings is 3. The first-order valence-corrected chi connectivity index (χ1v) is 11.4. The Bertz CT molecular complexity index is 1380. The molecule has 0 amide bonds. The van der Waals surface area contributed by atoms with Crippen molar-refractivity contribution in [3.8, 4) is 22.3 Å². The minimum atomic E-state index is 0.142. The fraction of sp³-hybridized carbons (Fsp3) is 0.111. The SMILES string of the molecule is CC(=O)CSC1=NN=C(c2cc(-c3cccnc3)cc(-c3ccc4ccccc4c3)c2)C1. The summed E-state index contributed by atoms with van der Waals surface area (Å²) in [4.78, 5) is 15.6. The Morgan fingerprint density at radius 1 is 0.812 bits per heavy atom. The molecule has 5 rings (SSSR count). The van der Waals surface area contributed by atoms with Crippen molar-refractivity contribution in [2.24, 2.45) is 10.2 Å². The minimum Gasteiger partial charge on any atom is -0.299 e. The number of hydrogen-bond acceptors (Lipinski definition) is 5. The summed E-state index contributed by atoms with van der Waals surface area (Å²) < 4.78 is 0. The molecule has 3 aromatic carbocycles. The molecule has 1 aromatic heterocycles. The summed E-state index contributed by atoms with van der Waals surface area (Å²) in [6.07, 6.45) is 4.31. The molecule has 0 radical (unpaired) electrons. The first-order valence-electron chi connectivity index (χ1n) is 10.5.